The van der Waals surface area contributed by atoms with Gasteiger partial charge in [0.15, 0.2) is 5.78 Å². The van der Waals surface area contributed by atoms with E-state index in [0.717, 1.165) is 30.9 Å². The summed E-state index contributed by atoms with van der Waals surface area (Å²) in [5.74, 6) is 1.00. The average Bonchev–Trinajstić information content (AvgIpc) is 3.09. The third kappa shape index (κ3) is 2.81. The molecule has 0 atom stereocenters. The zero-order chi connectivity index (χ0) is 12.4. The van der Waals surface area contributed by atoms with Gasteiger partial charge in [-0.3, -0.25) is 4.79 Å². The fourth-order valence-electron chi connectivity index (χ4n) is 2.65. The topological polar surface area (TPSA) is 26.3 Å². The van der Waals surface area contributed by atoms with Crippen molar-refractivity contribution in [3.8, 4) is 0 Å². The molecule has 2 aliphatic carbocycles. The molecule has 0 heterocycles. The van der Waals surface area contributed by atoms with Crippen LogP contribution < -0.4 is 0 Å². The van der Waals surface area contributed by atoms with E-state index in [1.807, 2.05) is 6.07 Å². The predicted octanol–water partition coefficient (Wildman–Crippen LogP) is 3.17. The van der Waals surface area contributed by atoms with Crippen molar-refractivity contribution in [3.05, 3.63) is 34.9 Å². The maximum absolute atomic E-state index is 12.0. The highest BCUT2D eigenvalue weighted by Gasteiger charge is 2.20. The van der Waals surface area contributed by atoms with Crippen molar-refractivity contribution < 1.29 is 9.53 Å². The Bertz CT molecular complexity index is 446. The molecule has 0 radical (unpaired) electrons. The lowest BCUT2D eigenvalue weighted by atomic mass is 10.0. The minimum absolute atomic E-state index is 0.125. The van der Waals surface area contributed by atoms with E-state index < -0.39 is 0 Å². The van der Waals surface area contributed by atoms with Crippen molar-refractivity contribution >= 4 is 5.78 Å². The van der Waals surface area contributed by atoms with Crippen LogP contribution in [0.2, 0.25) is 0 Å². The monoisotopic (exact) mass is 244 g/mol. The fraction of sp³-hybridized carbons (Fsp3) is 0.562. The maximum Gasteiger partial charge on any atom is 0.188 e. The highest BCUT2D eigenvalue weighted by Crippen LogP contribution is 2.32. The number of benzene rings is 1. The van der Waals surface area contributed by atoms with Crippen LogP contribution in [-0.2, 0) is 17.6 Å². The molecule has 0 unspecified atom stereocenters. The van der Waals surface area contributed by atoms with Gasteiger partial charge in [-0.15, -0.1) is 0 Å². The van der Waals surface area contributed by atoms with E-state index in [9.17, 15) is 4.79 Å². The summed E-state index contributed by atoms with van der Waals surface area (Å²) in [5.41, 5.74) is 3.60. The van der Waals surface area contributed by atoms with Crippen molar-refractivity contribution in [1.29, 1.82) is 0 Å². The van der Waals surface area contributed by atoms with Crippen LogP contribution in [-0.4, -0.2) is 19.0 Å². The van der Waals surface area contributed by atoms with E-state index in [2.05, 4.69) is 12.1 Å². The van der Waals surface area contributed by atoms with Crippen LogP contribution in [0, 0.1) is 5.92 Å². The Morgan fingerprint density at radius 3 is 2.89 bits per heavy atom. The van der Waals surface area contributed by atoms with Crippen LogP contribution >= 0.6 is 0 Å². The van der Waals surface area contributed by atoms with Gasteiger partial charge in [0.1, 0.15) is 6.61 Å². The first-order valence-electron chi connectivity index (χ1n) is 7.05. The number of carbonyl (C=O) groups excluding carboxylic acids is 1. The quantitative estimate of drug-likeness (QED) is 0.567. The summed E-state index contributed by atoms with van der Waals surface area (Å²) in [6, 6.07) is 6.13. The van der Waals surface area contributed by atoms with Gasteiger partial charge in [0.25, 0.3) is 0 Å². The van der Waals surface area contributed by atoms with Gasteiger partial charge in [-0.1, -0.05) is 25.0 Å². The van der Waals surface area contributed by atoms with Gasteiger partial charge < -0.3 is 4.74 Å². The molecule has 0 bridgehead atoms. The molecule has 0 spiro atoms. The molecule has 0 amide bonds. The molecule has 0 aliphatic heterocycles. The van der Waals surface area contributed by atoms with Crippen LogP contribution in [0.15, 0.2) is 18.2 Å². The van der Waals surface area contributed by atoms with Crippen LogP contribution in [0.4, 0.5) is 0 Å². The Kier molecular flexibility index (Phi) is 3.46. The van der Waals surface area contributed by atoms with Crippen molar-refractivity contribution in [3.63, 3.8) is 0 Å². The molecule has 1 saturated carbocycles. The molecule has 0 N–H and O–H groups in total. The van der Waals surface area contributed by atoms with Gasteiger partial charge in [0, 0.05) is 12.2 Å². The summed E-state index contributed by atoms with van der Waals surface area (Å²) in [5, 5.41) is 0. The smallest absolute Gasteiger partial charge is 0.188 e. The summed E-state index contributed by atoms with van der Waals surface area (Å²) in [6.45, 7) is 0.979. The molecule has 2 nitrogen and oxygen atoms in total. The van der Waals surface area contributed by atoms with Gasteiger partial charge in [-0.2, -0.15) is 0 Å². The molecule has 0 saturated heterocycles. The largest absolute Gasteiger partial charge is 0.373 e. The van der Waals surface area contributed by atoms with Crippen molar-refractivity contribution in [2.24, 2.45) is 5.92 Å². The zero-order valence-corrected chi connectivity index (χ0v) is 10.8. The van der Waals surface area contributed by atoms with E-state index in [0.29, 0.717) is 0 Å². The second-order valence-corrected chi connectivity index (χ2v) is 5.54. The molecule has 3 rings (SSSR count). The lowest BCUT2D eigenvalue weighted by Gasteiger charge is -2.05. The number of fused-ring (bicyclic) bond motifs is 1. The number of ketones is 1. The fourth-order valence-corrected chi connectivity index (χ4v) is 2.65. The second kappa shape index (κ2) is 5.23. The van der Waals surface area contributed by atoms with Crippen LogP contribution in [0.3, 0.4) is 0 Å². The number of Topliss-reactive ketones (excluding diaryl/α,β-unsaturated/α-hetero) is 1. The summed E-state index contributed by atoms with van der Waals surface area (Å²) in [4.78, 5) is 12.0. The average molecular weight is 244 g/mol. The van der Waals surface area contributed by atoms with Crippen molar-refractivity contribution in [2.75, 3.05) is 13.2 Å². The summed E-state index contributed by atoms with van der Waals surface area (Å²) >= 11 is 0. The van der Waals surface area contributed by atoms with Gasteiger partial charge in [0.05, 0.1) is 0 Å². The van der Waals surface area contributed by atoms with Crippen LogP contribution in [0.5, 0.6) is 0 Å². The molecule has 2 heteroatoms. The van der Waals surface area contributed by atoms with E-state index in [-0.39, 0.29) is 12.4 Å². The lowest BCUT2D eigenvalue weighted by molar-refractivity contribution is 0.0748. The Morgan fingerprint density at radius 2 is 2.06 bits per heavy atom. The lowest BCUT2D eigenvalue weighted by Crippen LogP contribution is -2.10. The second-order valence-electron chi connectivity index (χ2n) is 5.54. The number of ether oxygens (including phenoxy) is 1. The number of hydrogen-bond acceptors (Lipinski definition) is 2. The molecular weight excluding hydrogens is 224 g/mol. The molecule has 96 valence electrons. The third-order valence-electron chi connectivity index (χ3n) is 4.02. The number of rotatable bonds is 6. The minimum atomic E-state index is 0.125. The number of aryl methyl sites for hydroxylation is 2. The van der Waals surface area contributed by atoms with Crippen LogP contribution in [0.1, 0.15) is 47.2 Å². The maximum atomic E-state index is 12.0. The zero-order valence-electron chi connectivity index (χ0n) is 10.8. The van der Waals surface area contributed by atoms with Crippen LogP contribution in [0.25, 0.3) is 0 Å². The van der Waals surface area contributed by atoms with Gasteiger partial charge in [0.2, 0.25) is 0 Å². The number of carbonyl (C=O) groups is 1. The predicted molar refractivity (Wildman–Crippen MR) is 71.0 cm³/mol. The molecule has 1 aromatic rings. The Labute approximate surface area is 108 Å². The highest BCUT2D eigenvalue weighted by atomic mass is 16.5. The van der Waals surface area contributed by atoms with E-state index >= 15 is 0 Å². The first-order valence-corrected chi connectivity index (χ1v) is 7.05. The summed E-state index contributed by atoms with van der Waals surface area (Å²) in [6.07, 6.45) is 7.34. The third-order valence-corrected chi connectivity index (χ3v) is 4.02. The van der Waals surface area contributed by atoms with Crippen molar-refractivity contribution in [2.45, 2.75) is 38.5 Å². The summed E-state index contributed by atoms with van der Waals surface area (Å²) < 4.78 is 5.47. The SMILES string of the molecule is O=C(COCCC1CC1)c1ccc2c(c1)CCC2. The molecule has 0 aromatic heterocycles. The van der Waals surface area contributed by atoms with E-state index in [1.54, 1.807) is 0 Å². The van der Waals surface area contributed by atoms with Gasteiger partial charge in [-0.05, 0) is 48.8 Å². The Hall–Kier alpha value is -1.15. The molecule has 18 heavy (non-hydrogen) atoms. The normalized spacial score (nSPS) is 17.8. The van der Waals surface area contributed by atoms with Gasteiger partial charge in [-0.25, -0.2) is 0 Å². The first-order chi connectivity index (χ1) is 8.83. The summed E-state index contributed by atoms with van der Waals surface area (Å²) in [7, 11) is 0. The Morgan fingerprint density at radius 1 is 1.22 bits per heavy atom. The van der Waals surface area contributed by atoms with Gasteiger partial charge >= 0.3 is 0 Å². The molecule has 1 aromatic carbocycles. The molecular formula is C16H20O2. The van der Waals surface area contributed by atoms with E-state index in [4.69, 9.17) is 4.74 Å². The Balaban J connectivity index is 1.51. The minimum Gasteiger partial charge on any atom is -0.373 e. The highest BCUT2D eigenvalue weighted by molar-refractivity contribution is 5.97. The standard InChI is InChI=1S/C16H20O2/c17-16(11-18-9-8-12-4-5-12)15-7-6-13-2-1-3-14(13)10-15/h6-7,10,12H,1-5,8-9,11H2. The molecule has 2 aliphatic rings. The number of hydrogen-bond donors (Lipinski definition) is 0. The van der Waals surface area contributed by atoms with E-state index in [1.165, 1.54) is 36.8 Å². The molecule has 1 fully saturated rings. The first kappa shape index (κ1) is 11.9. The van der Waals surface area contributed by atoms with Crippen molar-refractivity contribution in [1.82, 2.24) is 0 Å².